The van der Waals surface area contributed by atoms with Gasteiger partial charge >= 0.3 is 5.97 Å². The lowest BCUT2D eigenvalue weighted by atomic mass is 10.2. The molecular formula is C18H18N4O5S2. The summed E-state index contributed by atoms with van der Waals surface area (Å²) in [7, 11) is -2.61. The molecule has 1 amide bonds. The van der Waals surface area contributed by atoms with E-state index < -0.39 is 28.4 Å². The van der Waals surface area contributed by atoms with Gasteiger partial charge in [-0.3, -0.25) is 4.79 Å². The highest BCUT2D eigenvalue weighted by Crippen LogP contribution is 2.23. The third-order valence-corrected chi connectivity index (χ3v) is 6.36. The van der Waals surface area contributed by atoms with Crippen LogP contribution in [-0.4, -0.2) is 53.5 Å². The second-order valence-electron chi connectivity index (χ2n) is 6.00. The van der Waals surface area contributed by atoms with Crippen LogP contribution in [0.15, 0.2) is 47.4 Å². The third kappa shape index (κ3) is 4.58. The number of sulfonamides is 1. The average Bonchev–Trinajstić information content (AvgIpc) is 3.17. The van der Waals surface area contributed by atoms with E-state index in [4.69, 9.17) is 4.74 Å². The monoisotopic (exact) mass is 434 g/mol. The molecule has 0 atom stereocenters. The van der Waals surface area contributed by atoms with E-state index in [0.29, 0.717) is 16.8 Å². The number of benzene rings is 2. The lowest BCUT2D eigenvalue weighted by Gasteiger charge is -2.17. The van der Waals surface area contributed by atoms with E-state index >= 15 is 0 Å². The van der Waals surface area contributed by atoms with Crippen LogP contribution >= 0.6 is 11.7 Å². The molecule has 0 bridgehead atoms. The molecule has 0 aliphatic carbocycles. The Balaban J connectivity index is 1.68. The molecule has 1 N–H and O–H groups in total. The number of amides is 1. The van der Waals surface area contributed by atoms with Crippen molar-refractivity contribution in [3.05, 3.63) is 48.0 Å². The molecule has 152 valence electrons. The topological polar surface area (TPSA) is 119 Å². The Morgan fingerprint density at radius 2 is 1.86 bits per heavy atom. The molecule has 0 radical (unpaired) electrons. The summed E-state index contributed by atoms with van der Waals surface area (Å²) in [5.41, 5.74) is 1.55. The van der Waals surface area contributed by atoms with Gasteiger partial charge < -0.3 is 10.1 Å². The fourth-order valence-electron chi connectivity index (χ4n) is 2.55. The first-order valence-electron chi connectivity index (χ1n) is 8.57. The van der Waals surface area contributed by atoms with Gasteiger partial charge in [0.05, 0.1) is 30.4 Å². The number of esters is 1. The summed E-state index contributed by atoms with van der Waals surface area (Å²) in [6, 6.07) is 10.8. The first-order valence-corrected chi connectivity index (χ1v) is 10.7. The van der Waals surface area contributed by atoms with Crippen molar-refractivity contribution in [2.75, 3.05) is 25.5 Å². The maximum atomic E-state index is 12.8. The maximum Gasteiger partial charge on any atom is 0.338 e. The fraction of sp³-hybridized carbons (Fsp3) is 0.222. The minimum atomic E-state index is -3.93. The maximum absolute atomic E-state index is 12.8. The zero-order chi connectivity index (χ0) is 21.0. The molecule has 0 unspecified atom stereocenters. The molecule has 0 spiro atoms. The van der Waals surface area contributed by atoms with Crippen LogP contribution in [0.1, 0.15) is 17.3 Å². The van der Waals surface area contributed by atoms with Crippen molar-refractivity contribution in [3.8, 4) is 0 Å². The van der Waals surface area contributed by atoms with Crippen molar-refractivity contribution in [1.29, 1.82) is 0 Å². The number of carbonyl (C=O) groups excluding carboxylic acids is 2. The molecule has 0 aliphatic rings. The van der Waals surface area contributed by atoms with Crippen LogP contribution in [0.5, 0.6) is 0 Å². The molecule has 1 heterocycles. The molecule has 29 heavy (non-hydrogen) atoms. The standard InChI is InChI=1S/C18H18N4O5S2/c1-3-27-18(24)12-7-9-13(10-8-12)19-16(23)11-22(2)29(25,26)15-6-4-5-14-17(15)21-28-20-14/h4-10H,3,11H2,1-2H3,(H,19,23). The number of anilines is 1. The first-order chi connectivity index (χ1) is 13.8. The van der Waals surface area contributed by atoms with Crippen LogP contribution in [0, 0.1) is 0 Å². The second-order valence-corrected chi connectivity index (χ2v) is 8.54. The summed E-state index contributed by atoms with van der Waals surface area (Å²) < 4.78 is 39.6. The Hall–Kier alpha value is -2.89. The number of nitrogens with zero attached hydrogens (tertiary/aromatic N) is 3. The van der Waals surface area contributed by atoms with Crippen LogP contribution < -0.4 is 5.32 Å². The zero-order valence-corrected chi connectivity index (χ0v) is 17.3. The Morgan fingerprint density at radius 1 is 1.14 bits per heavy atom. The van der Waals surface area contributed by atoms with Crippen LogP contribution in [0.2, 0.25) is 0 Å². The van der Waals surface area contributed by atoms with Gasteiger partial charge in [-0.05, 0) is 43.3 Å². The Bertz CT molecular complexity index is 1140. The molecule has 3 aromatic rings. The summed E-state index contributed by atoms with van der Waals surface area (Å²) in [6.45, 7) is 1.58. The van der Waals surface area contributed by atoms with E-state index in [2.05, 4.69) is 14.1 Å². The molecular weight excluding hydrogens is 416 g/mol. The minimum Gasteiger partial charge on any atom is -0.462 e. The Kier molecular flexibility index (Phi) is 6.20. The Labute approximate surface area is 171 Å². The quantitative estimate of drug-likeness (QED) is 0.566. The number of likely N-dealkylation sites (N-methyl/N-ethyl adjacent to an activating group) is 1. The van der Waals surface area contributed by atoms with Crippen LogP contribution in [0.3, 0.4) is 0 Å². The molecule has 9 nitrogen and oxygen atoms in total. The highest BCUT2D eigenvalue weighted by molar-refractivity contribution is 7.89. The number of ether oxygens (including phenoxy) is 1. The number of hydrogen-bond donors (Lipinski definition) is 1. The van der Waals surface area contributed by atoms with E-state index in [-0.39, 0.29) is 17.0 Å². The highest BCUT2D eigenvalue weighted by Gasteiger charge is 2.26. The second kappa shape index (κ2) is 8.64. The van der Waals surface area contributed by atoms with Gasteiger partial charge in [-0.1, -0.05) is 6.07 Å². The summed E-state index contributed by atoms with van der Waals surface area (Å²) in [4.78, 5) is 23.9. The van der Waals surface area contributed by atoms with Gasteiger partial charge in [-0.25, -0.2) is 13.2 Å². The molecule has 11 heteroatoms. The highest BCUT2D eigenvalue weighted by atomic mass is 32.2. The predicted octanol–water partition coefficient (Wildman–Crippen LogP) is 2.13. The van der Waals surface area contributed by atoms with Gasteiger partial charge in [0.15, 0.2) is 0 Å². The van der Waals surface area contributed by atoms with Crippen molar-refractivity contribution < 1.29 is 22.7 Å². The van der Waals surface area contributed by atoms with Gasteiger partial charge in [-0.2, -0.15) is 13.1 Å². The number of hydrogen-bond acceptors (Lipinski definition) is 8. The van der Waals surface area contributed by atoms with E-state index in [1.807, 2.05) is 0 Å². The normalized spacial score (nSPS) is 11.6. The average molecular weight is 434 g/mol. The summed E-state index contributed by atoms with van der Waals surface area (Å²) in [5, 5.41) is 2.60. The van der Waals surface area contributed by atoms with Crippen molar-refractivity contribution in [1.82, 2.24) is 13.1 Å². The number of rotatable bonds is 7. The lowest BCUT2D eigenvalue weighted by molar-refractivity contribution is -0.116. The molecule has 0 saturated carbocycles. The van der Waals surface area contributed by atoms with Crippen LogP contribution in [-0.2, 0) is 19.6 Å². The van der Waals surface area contributed by atoms with E-state index in [0.717, 1.165) is 16.0 Å². The summed E-state index contributed by atoms with van der Waals surface area (Å²) >= 11 is 0.921. The number of fused-ring (bicyclic) bond motifs is 1. The number of nitrogens with one attached hydrogen (secondary N) is 1. The van der Waals surface area contributed by atoms with Gasteiger partial charge in [-0.15, -0.1) is 0 Å². The molecule has 0 saturated heterocycles. The van der Waals surface area contributed by atoms with Crippen molar-refractivity contribution in [3.63, 3.8) is 0 Å². The molecule has 0 fully saturated rings. The van der Waals surface area contributed by atoms with Gasteiger partial charge in [0.2, 0.25) is 15.9 Å². The predicted molar refractivity (Wildman–Crippen MR) is 108 cm³/mol. The largest absolute Gasteiger partial charge is 0.462 e. The van der Waals surface area contributed by atoms with Crippen LogP contribution in [0.4, 0.5) is 5.69 Å². The van der Waals surface area contributed by atoms with Gasteiger partial charge in [0.1, 0.15) is 15.9 Å². The molecule has 3 rings (SSSR count). The summed E-state index contributed by atoms with van der Waals surface area (Å²) in [5.74, 6) is -0.981. The smallest absolute Gasteiger partial charge is 0.338 e. The van der Waals surface area contributed by atoms with E-state index in [9.17, 15) is 18.0 Å². The van der Waals surface area contributed by atoms with Gasteiger partial charge in [0.25, 0.3) is 0 Å². The molecule has 2 aromatic carbocycles. The first kappa shape index (κ1) is 20.8. The third-order valence-electron chi connectivity index (χ3n) is 3.98. The molecule has 1 aromatic heterocycles. The fourth-order valence-corrected chi connectivity index (χ4v) is 4.42. The number of carbonyl (C=O) groups is 2. The Morgan fingerprint density at radius 3 is 2.55 bits per heavy atom. The van der Waals surface area contributed by atoms with Crippen molar-refractivity contribution in [2.24, 2.45) is 0 Å². The van der Waals surface area contributed by atoms with E-state index in [1.165, 1.54) is 25.2 Å². The summed E-state index contributed by atoms with van der Waals surface area (Å²) in [6.07, 6.45) is 0. The molecule has 0 aliphatic heterocycles. The minimum absolute atomic E-state index is 0.00200. The lowest BCUT2D eigenvalue weighted by Crippen LogP contribution is -2.35. The van der Waals surface area contributed by atoms with E-state index in [1.54, 1.807) is 31.2 Å². The van der Waals surface area contributed by atoms with Crippen molar-refractivity contribution >= 4 is 50.3 Å². The SMILES string of the molecule is CCOC(=O)c1ccc(NC(=O)CN(C)S(=O)(=O)c2cccc3nsnc23)cc1. The number of aromatic nitrogens is 2. The van der Waals surface area contributed by atoms with Gasteiger partial charge in [0, 0.05) is 12.7 Å². The zero-order valence-electron chi connectivity index (χ0n) is 15.7. The van der Waals surface area contributed by atoms with Crippen molar-refractivity contribution in [2.45, 2.75) is 11.8 Å². The van der Waals surface area contributed by atoms with Crippen LogP contribution in [0.25, 0.3) is 11.0 Å².